The van der Waals surface area contributed by atoms with Crippen LogP contribution in [0.1, 0.15) is 25.0 Å². The van der Waals surface area contributed by atoms with E-state index < -0.39 is 0 Å². The summed E-state index contributed by atoms with van der Waals surface area (Å²) in [7, 11) is 0. The molecule has 1 nitrogen and oxygen atoms in total. The van der Waals surface area contributed by atoms with Crippen molar-refractivity contribution in [2.75, 3.05) is 4.90 Å². The van der Waals surface area contributed by atoms with Crippen LogP contribution in [0, 0.1) is 0 Å². The van der Waals surface area contributed by atoms with Gasteiger partial charge < -0.3 is 4.90 Å². The molecule has 1 heterocycles. The van der Waals surface area contributed by atoms with Crippen LogP contribution in [-0.2, 0) is 5.41 Å². The molecule has 9 aromatic rings. The smallest absolute Gasteiger partial charge is 0.0561 e. The summed E-state index contributed by atoms with van der Waals surface area (Å²) in [5.41, 5.74) is 11.3. The van der Waals surface area contributed by atoms with Gasteiger partial charge in [-0.3, -0.25) is 0 Å². The summed E-state index contributed by atoms with van der Waals surface area (Å²) in [6.45, 7) is 4.74. The minimum absolute atomic E-state index is 0.105. The molecule has 0 spiro atoms. The lowest BCUT2D eigenvalue weighted by molar-refractivity contribution is 0.660. The van der Waals surface area contributed by atoms with Crippen molar-refractivity contribution in [3.8, 4) is 22.3 Å². The van der Waals surface area contributed by atoms with Crippen LogP contribution in [-0.4, -0.2) is 0 Å². The van der Waals surface area contributed by atoms with Crippen LogP contribution < -0.4 is 4.90 Å². The van der Waals surface area contributed by atoms with Crippen molar-refractivity contribution in [3.05, 3.63) is 175 Å². The first kappa shape index (κ1) is 28.3. The van der Waals surface area contributed by atoms with Gasteiger partial charge in [-0.1, -0.05) is 141 Å². The quantitative estimate of drug-likeness (QED) is 0.173. The van der Waals surface area contributed by atoms with Gasteiger partial charge in [0, 0.05) is 42.3 Å². The van der Waals surface area contributed by atoms with Gasteiger partial charge in [0.1, 0.15) is 0 Å². The Morgan fingerprint density at radius 2 is 1.16 bits per heavy atom. The third-order valence-electron chi connectivity index (χ3n) is 10.6. The van der Waals surface area contributed by atoms with E-state index in [1.165, 1.54) is 86.5 Å². The van der Waals surface area contributed by atoms with Gasteiger partial charge in [-0.25, -0.2) is 0 Å². The monoisotopic (exact) mass is 643 g/mol. The fourth-order valence-electron chi connectivity index (χ4n) is 8.25. The summed E-state index contributed by atoms with van der Waals surface area (Å²) in [6.07, 6.45) is 0. The van der Waals surface area contributed by atoms with Gasteiger partial charge in [0.2, 0.25) is 0 Å². The van der Waals surface area contributed by atoms with Gasteiger partial charge in [-0.2, -0.15) is 0 Å². The lowest BCUT2D eigenvalue weighted by Gasteiger charge is -2.29. The zero-order valence-corrected chi connectivity index (χ0v) is 28.3. The van der Waals surface area contributed by atoms with Crippen molar-refractivity contribution in [3.63, 3.8) is 0 Å². The molecule has 0 unspecified atom stereocenters. The topological polar surface area (TPSA) is 3.24 Å². The molecule has 0 radical (unpaired) electrons. The lowest BCUT2D eigenvalue weighted by atomic mass is 9.82. The zero-order valence-electron chi connectivity index (χ0n) is 27.4. The van der Waals surface area contributed by atoms with Crippen LogP contribution in [0.2, 0.25) is 0 Å². The average molecular weight is 644 g/mol. The highest BCUT2D eigenvalue weighted by molar-refractivity contribution is 7.27. The van der Waals surface area contributed by atoms with Crippen LogP contribution in [0.15, 0.2) is 164 Å². The number of hydrogen-bond donors (Lipinski definition) is 0. The van der Waals surface area contributed by atoms with E-state index in [0.717, 1.165) is 5.69 Å². The summed E-state index contributed by atoms with van der Waals surface area (Å²) in [6, 6.07) is 60.6. The Balaban J connectivity index is 1.31. The molecule has 2 heteroatoms. The van der Waals surface area contributed by atoms with Gasteiger partial charge in [0.05, 0.1) is 5.69 Å². The van der Waals surface area contributed by atoms with Crippen molar-refractivity contribution in [1.29, 1.82) is 0 Å². The molecule has 0 saturated carbocycles. The Hall–Kier alpha value is -5.70. The predicted molar refractivity (Wildman–Crippen MR) is 212 cm³/mol. The van der Waals surface area contributed by atoms with Crippen LogP contribution in [0.5, 0.6) is 0 Å². The maximum atomic E-state index is 2.52. The molecule has 0 fully saturated rings. The summed E-state index contributed by atoms with van der Waals surface area (Å²) < 4.78 is 2.64. The molecule has 49 heavy (non-hydrogen) atoms. The maximum Gasteiger partial charge on any atom is 0.0561 e. The predicted octanol–water partition coefficient (Wildman–Crippen LogP) is 13.8. The largest absolute Gasteiger partial charge is 0.310 e. The van der Waals surface area contributed by atoms with E-state index in [9.17, 15) is 0 Å². The molecule has 1 aromatic heterocycles. The number of nitrogens with zero attached hydrogens (tertiary/aromatic N) is 1. The van der Waals surface area contributed by atoms with Gasteiger partial charge in [-0.05, 0) is 85.9 Å². The molecule has 1 aliphatic carbocycles. The molecular weight excluding hydrogens is 611 g/mol. The van der Waals surface area contributed by atoms with Gasteiger partial charge in [0.25, 0.3) is 0 Å². The Morgan fingerprint density at radius 3 is 2.06 bits per heavy atom. The Labute approximate surface area is 290 Å². The molecule has 0 N–H and O–H groups in total. The highest BCUT2D eigenvalue weighted by Crippen LogP contribution is 2.53. The van der Waals surface area contributed by atoms with Crippen molar-refractivity contribution >= 4 is 70.1 Å². The second-order valence-electron chi connectivity index (χ2n) is 13.7. The Bertz CT molecular complexity index is 2750. The second kappa shape index (κ2) is 10.7. The van der Waals surface area contributed by atoms with Gasteiger partial charge in [-0.15, -0.1) is 11.3 Å². The van der Waals surface area contributed by atoms with Crippen molar-refractivity contribution in [2.24, 2.45) is 0 Å². The fraction of sp³-hybridized carbons (Fsp3) is 0.0638. The van der Waals surface area contributed by atoms with Gasteiger partial charge in [0.15, 0.2) is 0 Å². The second-order valence-corrected chi connectivity index (χ2v) is 14.8. The van der Waals surface area contributed by atoms with E-state index in [1.807, 2.05) is 11.3 Å². The summed E-state index contributed by atoms with van der Waals surface area (Å²) in [5.74, 6) is 0. The third kappa shape index (κ3) is 4.24. The molecule has 10 rings (SSSR count). The van der Waals surface area contributed by atoms with E-state index in [-0.39, 0.29) is 5.41 Å². The first-order valence-corrected chi connectivity index (χ1v) is 17.8. The van der Waals surface area contributed by atoms with Crippen molar-refractivity contribution in [1.82, 2.24) is 0 Å². The summed E-state index contributed by atoms with van der Waals surface area (Å²) in [5, 5.41) is 7.77. The Morgan fingerprint density at radius 1 is 0.469 bits per heavy atom. The molecule has 0 aliphatic heterocycles. The molecule has 0 bridgehead atoms. The number of benzene rings is 8. The van der Waals surface area contributed by atoms with Crippen LogP contribution in [0.4, 0.5) is 17.1 Å². The zero-order chi connectivity index (χ0) is 32.7. The highest BCUT2D eigenvalue weighted by Gasteiger charge is 2.36. The van der Waals surface area contributed by atoms with E-state index in [2.05, 4.69) is 183 Å². The molecule has 8 aromatic carbocycles. The molecule has 0 saturated heterocycles. The molecule has 0 atom stereocenters. The molecular formula is C47H33NS. The summed E-state index contributed by atoms with van der Waals surface area (Å²) in [4.78, 5) is 2.52. The van der Waals surface area contributed by atoms with Crippen LogP contribution in [0.3, 0.4) is 0 Å². The van der Waals surface area contributed by atoms with Gasteiger partial charge >= 0.3 is 0 Å². The minimum atomic E-state index is -0.105. The number of fused-ring (bicyclic) bond motifs is 10. The highest BCUT2D eigenvalue weighted by atomic mass is 32.1. The molecule has 232 valence electrons. The first-order valence-electron chi connectivity index (χ1n) is 17.0. The van der Waals surface area contributed by atoms with Crippen LogP contribution in [0.25, 0.3) is 64.0 Å². The van der Waals surface area contributed by atoms with Crippen molar-refractivity contribution in [2.45, 2.75) is 19.3 Å². The van der Waals surface area contributed by atoms with E-state index in [0.29, 0.717) is 0 Å². The number of anilines is 3. The van der Waals surface area contributed by atoms with E-state index in [4.69, 9.17) is 0 Å². The van der Waals surface area contributed by atoms with E-state index in [1.54, 1.807) is 0 Å². The standard InChI is InChI=1S/C47H33NS/c1-47(2)40-21-10-8-19-37(40)38-26-25-35(29-41(38)47)48(34-17-12-16-32(27-34)30-13-4-3-5-14-30)42-28-33-24-23-31-15-6-7-18-36(31)44(33)46-45(42)39-20-9-11-22-43(39)49-46/h3-29H,1-2H3. The SMILES string of the molecule is CC1(C)c2ccccc2-c2ccc(N(c3cccc(-c4ccccc4)c3)c3cc4ccc5ccccc5c4c4sc5ccccc5c34)cc21. The van der Waals surface area contributed by atoms with E-state index >= 15 is 0 Å². The lowest BCUT2D eigenvalue weighted by Crippen LogP contribution is -2.16. The minimum Gasteiger partial charge on any atom is -0.310 e. The third-order valence-corrected chi connectivity index (χ3v) is 11.8. The number of hydrogen-bond acceptors (Lipinski definition) is 2. The average Bonchev–Trinajstić information content (AvgIpc) is 3.65. The number of rotatable bonds is 4. The van der Waals surface area contributed by atoms with Crippen LogP contribution >= 0.6 is 11.3 Å². The normalized spacial score (nSPS) is 13.3. The fourth-order valence-corrected chi connectivity index (χ4v) is 9.54. The van der Waals surface area contributed by atoms with Crippen molar-refractivity contribution < 1.29 is 0 Å². The number of thiophene rings is 1. The molecule has 0 amide bonds. The maximum absolute atomic E-state index is 2.52. The Kier molecular flexibility index (Phi) is 6.16. The molecule has 1 aliphatic rings. The first-order chi connectivity index (χ1) is 24.1. The summed E-state index contributed by atoms with van der Waals surface area (Å²) >= 11 is 1.91.